The van der Waals surface area contributed by atoms with E-state index in [9.17, 15) is 13.2 Å². The van der Waals surface area contributed by atoms with Crippen molar-refractivity contribution in [1.82, 2.24) is 10.2 Å². The van der Waals surface area contributed by atoms with Crippen LogP contribution in [0, 0.1) is 0 Å². The smallest absolute Gasteiger partial charge is 0.390 e. The molecule has 0 aliphatic rings. The highest BCUT2D eigenvalue weighted by molar-refractivity contribution is 5.77. The van der Waals surface area contributed by atoms with Gasteiger partial charge in [0.15, 0.2) is 0 Å². The number of hydrogen-bond acceptors (Lipinski definition) is 3. The maximum Gasteiger partial charge on any atom is 0.390 e. The highest BCUT2D eigenvalue weighted by atomic mass is 19.4. The number of likely N-dealkylation sites (N-methyl/N-ethyl adjacent to an activating group) is 2. The van der Waals surface area contributed by atoms with Crippen molar-refractivity contribution < 1.29 is 17.6 Å². The van der Waals surface area contributed by atoms with Gasteiger partial charge in [-0.15, -0.1) is 0 Å². The van der Waals surface area contributed by atoms with Crippen LogP contribution < -0.4 is 5.32 Å². The van der Waals surface area contributed by atoms with Crippen molar-refractivity contribution in [3.05, 3.63) is 36.1 Å². The first kappa shape index (κ1) is 15.9. The van der Waals surface area contributed by atoms with Crippen molar-refractivity contribution >= 4 is 11.0 Å². The summed E-state index contributed by atoms with van der Waals surface area (Å²) < 4.78 is 42.5. The standard InChI is InChI=1S/C15H19F3N2O/c1-19-12(10-20(2)8-7-15(16,17)18)14-9-11-5-3-4-6-13(11)21-14/h3-6,9,12,19H,7-8,10H2,1-2H3. The van der Waals surface area contributed by atoms with E-state index < -0.39 is 12.6 Å². The Morgan fingerprint density at radius 1 is 1.29 bits per heavy atom. The Morgan fingerprint density at radius 3 is 2.62 bits per heavy atom. The Morgan fingerprint density at radius 2 is 2.00 bits per heavy atom. The van der Waals surface area contributed by atoms with Gasteiger partial charge in [0.2, 0.25) is 0 Å². The van der Waals surface area contributed by atoms with E-state index in [0.29, 0.717) is 6.54 Å². The molecule has 21 heavy (non-hydrogen) atoms. The molecule has 3 nitrogen and oxygen atoms in total. The zero-order valence-electron chi connectivity index (χ0n) is 12.1. The molecule has 0 saturated heterocycles. The molecule has 6 heteroatoms. The van der Waals surface area contributed by atoms with E-state index in [1.807, 2.05) is 30.3 Å². The molecule has 0 saturated carbocycles. The van der Waals surface area contributed by atoms with Crippen molar-refractivity contribution in [3.8, 4) is 0 Å². The largest absolute Gasteiger partial charge is 0.459 e. The second-order valence-electron chi connectivity index (χ2n) is 5.16. The number of nitrogens with one attached hydrogen (secondary N) is 1. The molecule has 1 N–H and O–H groups in total. The Labute approximate surface area is 121 Å². The van der Waals surface area contributed by atoms with Gasteiger partial charge < -0.3 is 14.6 Å². The van der Waals surface area contributed by atoms with Crippen LogP contribution in [0.4, 0.5) is 13.2 Å². The average Bonchev–Trinajstić information content (AvgIpc) is 2.85. The van der Waals surface area contributed by atoms with Crippen molar-refractivity contribution in [1.29, 1.82) is 0 Å². The Kier molecular flexibility index (Phi) is 4.90. The Hall–Kier alpha value is -1.53. The molecule has 0 bridgehead atoms. The van der Waals surface area contributed by atoms with Crippen LogP contribution >= 0.6 is 0 Å². The lowest BCUT2D eigenvalue weighted by Crippen LogP contribution is -2.33. The van der Waals surface area contributed by atoms with Crippen molar-refractivity contribution in [2.24, 2.45) is 0 Å². The SMILES string of the molecule is CNC(CN(C)CCC(F)(F)F)c1cc2ccccc2o1. The molecule has 2 aromatic rings. The first-order chi connectivity index (χ1) is 9.89. The topological polar surface area (TPSA) is 28.4 Å². The van der Waals surface area contributed by atoms with Gasteiger partial charge in [0, 0.05) is 18.5 Å². The minimum absolute atomic E-state index is 0.0259. The lowest BCUT2D eigenvalue weighted by atomic mass is 10.2. The minimum Gasteiger partial charge on any atom is -0.459 e. The highest BCUT2D eigenvalue weighted by Crippen LogP contribution is 2.25. The van der Waals surface area contributed by atoms with Crippen molar-refractivity contribution in [2.45, 2.75) is 18.6 Å². The molecule has 1 aromatic carbocycles. The molecular weight excluding hydrogens is 281 g/mol. The third-order valence-electron chi connectivity index (χ3n) is 3.41. The summed E-state index contributed by atoms with van der Waals surface area (Å²) in [5.74, 6) is 0.734. The first-order valence-corrected chi connectivity index (χ1v) is 6.80. The second-order valence-corrected chi connectivity index (χ2v) is 5.16. The molecule has 1 unspecified atom stereocenters. The Bertz CT molecular complexity index is 547. The van der Waals surface area contributed by atoms with Crippen molar-refractivity contribution in [3.63, 3.8) is 0 Å². The van der Waals surface area contributed by atoms with Crippen LogP contribution in [0.1, 0.15) is 18.2 Å². The van der Waals surface area contributed by atoms with E-state index >= 15 is 0 Å². The number of fused-ring (bicyclic) bond motifs is 1. The lowest BCUT2D eigenvalue weighted by Gasteiger charge is -2.22. The van der Waals surface area contributed by atoms with Crippen LogP contribution in [-0.2, 0) is 0 Å². The number of para-hydroxylation sites is 1. The molecule has 0 amide bonds. The monoisotopic (exact) mass is 300 g/mol. The van der Waals surface area contributed by atoms with Crippen LogP contribution in [0.2, 0.25) is 0 Å². The zero-order chi connectivity index (χ0) is 15.5. The quantitative estimate of drug-likeness (QED) is 0.884. The first-order valence-electron chi connectivity index (χ1n) is 6.80. The number of hydrogen-bond donors (Lipinski definition) is 1. The van der Waals surface area contributed by atoms with Gasteiger partial charge in [0.25, 0.3) is 0 Å². The molecule has 1 heterocycles. The molecule has 0 radical (unpaired) electrons. The van der Waals surface area contributed by atoms with Crippen LogP contribution in [0.25, 0.3) is 11.0 Å². The summed E-state index contributed by atoms with van der Waals surface area (Å²) in [4.78, 5) is 1.65. The van der Waals surface area contributed by atoms with Crippen LogP contribution in [0.15, 0.2) is 34.7 Å². The predicted octanol–water partition coefficient (Wildman–Crippen LogP) is 3.58. The number of furan rings is 1. The lowest BCUT2D eigenvalue weighted by molar-refractivity contribution is -0.137. The van der Waals surface area contributed by atoms with E-state index in [2.05, 4.69) is 5.32 Å². The van der Waals surface area contributed by atoms with Gasteiger partial charge in [0.1, 0.15) is 11.3 Å². The average molecular weight is 300 g/mol. The van der Waals surface area contributed by atoms with E-state index in [-0.39, 0.29) is 12.6 Å². The van der Waals surface area contributed by atoms with E-state index in [4.69, 9.17) is 4.42 Å². The number of nitrogens with zero attached hydrogens (tertiary/aromatic N) is 1. The molecule has 1 atom stereocenters. The van der Waals surface area contributed by atoms with Gasteiger partial charge in [-0.3, -0.25) is 0 Å². The highest BCUT2D eigenvalue weighted by Gasteiger charge is 2.27. The molecule has 116 valence electrons. The van der Waals surface area contributed by atoms with Gasteiger partial charge in [-0.1, -0.05) is 18.2 Å². The van der Waals surface area contributed by atoms with Gasteiger partial charge >= 0.3 is 6.18 Å². The van der Waals surface area contributed by atoms with Gasteiger partial charge in [-0.05, 0) is 26.2 Å². The maximum absolute atomic E-state index is 12.2. The zero-order valence-corrected chi connectivity index (χ0v) is 12.1. The molecule has 0 aliphatic carbocycles. The van der Waals surface area contributed by atoms with Gasteiger partial charge in [-0.25, -0.2) is 0 Å². The van der Waals surface area contributed by atoms with E-state index in [0.717, 1.165) is 16.7 Å². The Balaban J connectivity index is 2.02. The van der Waals surface area contributed by atoms with Gasteiger partial charge in [0.05, 0.1) is 12.5 Å². The molecule has 2 rings (SSSR count). The normalized spacial score (nSPS) is 14.0. The third kappa shape index (κ3) is 4.47. The van der Waals surface area contributed by atoms with E-state index in [1.165, 1.54) is 0 Å². The van der Waals surface area contributed by atoms with Crippen LogP contribution in [-0.4, -0.2) is 38.3 Å². The summed E-state index contributed by atoms with van der Waals surface area (Å²) in [5, 5.41) is 4.08. The van der Waals surface area contributed by atoms with Crippen LogP contribution in [0.5, 0.6) is 0 Å². The summed E-state index contributed by atoms with van der Waals surface area (Å²) in [6, 6.07) is 9.41. The maximum atomic E-state index is 12.2. The minimum atomic E-state index is -4.12. The van der Waals surface area contributed by atoms with Crippen LogP contribution in [0.3, 0.4) is 0 Å². The molecule has 0 fully saturated rings. The summed E-state index contributed by atoms with van der Waals surface area (Å²) in [7, 11) is 3.45. The molecule has 1 aromatic heterocycles. The van der Waals surface area contributed by atoms with Crippen molar-refractivity contribution in [2.75, 3.05) is 27.2 Å². The summed E-state index contributed by atoms with van der Waals surface area (Å²) in [5.41, 5.74) is 0.783. The number of benzene rings is 1. The number of alkyl halides is 3. The summed E-state index contributed by atoms with van der Waals surface area (Å²) in [6.07, 6.45) is -4.93. The fourth-order valence-corrected chi connectivity index (χ4v) is 2.22. The predicted molar refractivity (Wildman–Crippen MR) is 76.2 cm³/mol. The van der Waals surface area contributed by atoms with E-state index in [1.54, 1.807) is 19.0 Å². The summed E-state index contributed by atoms with van der Waals surface area (Å²) >= 11 is 0. The summed E-state index contributed by atoms with van der Waals surface area (Å²) in [6.45, 7) is 0.425. The molecule has 0 spiro atoms. The second kappa shape index (κ2) is 6.49. The fraction of sp³-hybridized carbons (Fsp3) is 0.467. The molecule has 0 aliphatic heterocycles. The van der Waals surface area contributed by atoms with Gasteiger partial charge in [-0.2, -0.15) is 13.2 Å². The third-order valence-corrected chi connectivity index (χ3v) is 3.41. The number of rotatable bonds is 6. The molecular formula is C15H19F3N2O. The number of halogens is 3. The fourth-order valence-electron chi connectivity index (χ4n) is 2.22.